The summed E-state index contributed by atoms with van der Waals surface area (Å²) in [4.78, 5) is 0. The van der Waals surface area contributed by atoms with Crippen LogP contribution in [0.2, 0.25) is 0 Å². The van der Waals surface area contributed by atoms with Crippen molar-refractivity contribution in [1.29, 1.82) is 0 Å². The number of hydrogen-bond donors (Lipinski definition) is 0. The summed E-state index contributed by atoms with van der Waals surface area (Å²) in [6.07, 6.45) is 2.08. The summed E-state index contributed by atoms with van der Waals surface area (Å²) in [5.74, 6) is 2.04. The van der Waals surface area contributed by atoms with E-state index in [1.54, 1.807) is 0 Å². The van der Waals surface area contributed by atoms with Crippen molar-refractivity contribution >= 4 is 12.9 Å². The Labute approximate surface area is 46.1 Å². The Balaban J connectivity index is 3.58. The summed E-state index contributed by atoms with van der Waals surface area (Å²) in [7, 11) is 0. The van der Waals surface area contributed by atoms with Crippen molar-refractivity contribution in [3.8, 4) is 0 Å². The summed E-state index contributed by atoms with van der Waals surface area (Å²) in [6.45, 7) is 8.22. The summed E-state index contributed by atoms with van der Waals surface area (Å²) in [6, 6.07) is 0. The van der Waals surface area contributed by atoms with Crippen molar-refractivity contribution in [2.45, 2.75) is 20.8 Å². The van der Waals surface area contributed by atoms with E-state index in [-0.39, 0.29) is 0 Å². The van der Waals surface area contributed by atoms with Crippen LogP contribution in [0.15, 0.2) is 11.5 Å². The van der Waals surface area contributed by atoms with Gasteiger partial charge in [-0.25, -0.2) is 0 Å². The van der Waals surface area contributed by atoms with E-state index < -0.39 is 0 Å². The Morgan fingerprint density at radius 2 is 2.00 bits per heavy atom. The van der Waals surface area contributed by atoms with Crippen LogP contribution in [0.4, 0.5) is 0 Å². The third kappa shape index (κ3) is 3.51. The molecule has 0 saturated heterocycles. The van der Waals surface area contributed by atoms with Crippen molar-refractivity contribution in [3.05, 3.63) is 11.5 Å². The van der Waals surface area contributed by atoms with Crippen LogP contribution in [0.5, 0.6) is 0 Å². The molecule has 0 nitrogen and oxygen atoms in total. The van der Waals surface area contributed by atoms with Gasteiger partial charge in [-0.2, -0.15) is 0 Å². The molecule has 0 aliphatic rings. The minimum atomic E-state index is 1.32. The van der Waals surface area contributed by atoms with Crippen LogP contribution in [-0.4, -0.2) is 12.9 Å². The van der Waals surface area contributed by atoms with Gasteiger partial charge in [0.2, 0.25) is 0 Å². The molecule has 1 heteroatoms. The number of allylic oxidation sites excluding steroid dienone is 2. The molecule has 0 N–H and O–H groups in total. The van der Waals surface area contributed by atoms with Gasteiger partial charge in [0, 0.05) is 0 Å². The quantitative estimate of drug-likeness (QED) is 0.431. The molecule has 0 rings (SSSR count). The van der Waals surface area contributed by atoms with Gasteiger partial charge < -0.3 is 0 Å². The Hall–Kier alpha value is -0.325. The summed E-state index contributed by atoms with van der Waals surface area (Å²) in [5.41, 5.74) is 1.32. The molecule has 38 valence electrons. The van der Waals surface area contributed by atoms with Gasteiger partial charge in [-0.15, -0.1) is 0 Å². The Kier molecular flexibility index (Phi) is 3.67. The Morgan fingerprint density at radius 1 is 1.43 bits per heavy atom. The Morgan fingerprint density at radius 3 is 2.14 bits per heavy atom. The fraction of sp³-hybridized carbons (Fsp3) is 0.500. The molecule has 0 spiro atoms. The maximum atomic E-state index is 2.08. The summed E-state index contributed by atoms with van der Waals surface area (Å²) in [5, 5.41) is 0. The maximum absolute atomic E-state index is 2.08. The average molecular weight is 94.0 g/mol. The molecule has 7 heavy (non-hydrogen) atoms. The predicted molar refractivity (Wildman–Crippen MR) is 36.9 cm³/mol. The molecule has 0 aromatic rings. The monoisotopic (exact) mass is 94.1 g/mol. The summed E-state index contributed by atoms with van der Waals surface area (Å²) < 4.78 is 0. The second kappa shape index (κ2) is 3.85. The van der Waals surface area contributed by atoms with Gasteiger partial charge in [-0.05, 0) is 0 Å². The van der Waals surface area contributed by atoms with E-state index >= 15 is 0 Å². The second-order valence-electron chi connectivity index (χ2n) is 1.53. The fourth-order valence-corrected chi connectivity index (χ4v) is 0.359. The van der Waals surface area contributed by atoms with Crippen molar-refractivity contribution < 1.29 is 0 Å². The first kappa shape index (κ1) is 6.67. The van der Waals surface area contributed by atoms with Gasteiger partial charge in [0.15, 0.2) is 0 Å². The van der Waals surface area contributed by atoms with Crippen LogP contribution in [0.3, 0.4) is 0 Å². The third-order valence-corrected chi connectivity index (χ3v) is 0.885. The first-order chi connectivity index (χ1) is 3.31. The minimum absolute atomic E-state index is 1.32. The van der Waals surface area contributed by atoms with Gasteiger partial charge in [0.05, 0.1) is 0 Å². The zero-order valence-electron chi connectivity index (χ0n) is 5.23. The average Bonchev–Trinajstić information content (AvgIpc) is 1.68. The van der Waals surface area contributed by atoms with Crippen LogP contribution in [-0.2, 0) is 0 Å². The Bertz CT molecular complexity index is 90.4. The number of hydrogen-bond acceptors (Lipinski definition) is 0. The zero-order chi connectivity index (χ0) is 5.70. The van der Waals surface area contributed by atoms with Crippen molar-refractivity contribution in [3.63, 3.8) is 0 Å². The van der Waals surface area contributed by atoms with E-state index in [4.69, 9.17) is 0 Å². The van der Waals surface area contributed by atoms with Gasteiger partial charge in [-0.3, -0.25) is 0 Å². The van der Waals surface area contributed by atoms with Crippen LogP contribution < -0.4 is 0 Å². The SMILES string of the molecule is CC=B/C(C)=C\C. The van der Waals surface area contributed by atoms with Crippen LogP contribution in [0.1, 0.15) is 20.8 Å². The molecular weight excluding hydrogens is 82.9 g/mol. The van der Waals surface area contributed by atoms with Crippen molar-refractivity contribution in [2.24, 2.45) is 0 Å². The van der Waals surface area contributed by atoms with Crippen molar-refractivity contribution in [1.82, 2.24) is 0 Å². The first-order valence-corrected chi connectivity index (χ1v) is 2.57. The van der Waals surface area contributed by atoms with E-state index in [1.807, 2.05) is 19.8 Å². The molecule has 0 heterocycles. The molecule has 0 aromatic carbocycles. The molecule has 0 saturated carbocycles. The molecule has 0 fully saturated rings. The normalized spacial score (nSPS) is 12.1. The fourth-order valence-electron chi connectivity index (χ4n) is 0.359. The van der Waals surface area contributed by atoms with E-state index in [0.717, 1.165) is 0 Å². The molecule has 0 amide bonds. The van der Waals surface area contributed by atoms with E-state index in [2.05, 4.69) is 19.9 Å². The molecule has 0 radical (unpaired) electrons. The predicted octanol–water partition coefficient (Wildman–Crippen LogP) is 1.44. The van der Waals surface area contributed by atoms with Crippen molar-refractivity contribution in [2.75, 3.05) is 0 Å². The third-order valence-electron chi connectivity index (χ3n) is 0.885. The second-order valence-corrected chi connectivity index (χ2v) is 1.53. The van der Waals surface area contributed by atoms with E-state index in [9.17, 15) is 0 Å². The van der Waals surface area contributed by atoms with Gasteiger partial charge >= 0.3 is 45.2 Å². The first-order valence-electron chi connectivity index (χ1n) is 2.57. The van der Waals surface area contributed by atoms with Crippen LogP contribution in [0.25, 0.3) is 0 Å². The van der Waals surface area contributed by atoms with Crippen LogP contribution in [0, 0.1) is 0 Å². The molecule has 0 aliphatic carbocycles. The van der Waals surface area contributed by atoms with E-state index in [0.29, 0.717) is 0 Å². The topological polar surface area (TPSA) is 0 Å². The van der Waals surface area contributed by atoms with Gasteiger partial charge in [-0.1, -0.05) is 0 Å². The van der Waals surface area contributed by atoms with Gasteiger partial charge in [0.1, 0.15) is 0 Å². The van der Waals surface area contributed by atoms with Gasteiger partial charge in [0.25, 0.3) is 0 Å². The van der Waals surface area contributed by atoms with Crippen LogP contribution >= 0.6 is 0 Å². The standard InChI is InChI=1S/C6H11B/c1-4-6(3)7-5-2/h4-5H,1-3H3/b6-4-. The molecule has 0 bridgehead atoms. The molecule has 0 aliphatic heterocycles. The summed E-state index contributed by atoms with van der Waals surface area (Å²) >= 11 is 0. The molecule has 0 unspecified atom stereocenters. The number of rotatable bonds is 1. The molecule has 0 atom stereocenters. The zero-order valence-corrected chi connectivity index (χ0v) is 5.23. The molecular formula is C6H11B. The van der Waals surface area contributed by atoms with E-state index in [1.165, 1.54) is 5.47 Å². The molecule has 0 aromatic heterocycles.